The van der Waals surface area contributed by atoms with Crippen LogP contribution in [0.2, 0.25) is 0 Å². The lowest BCUT2D eigenvalue weighted by atomic mass is 9.71. The van der Waals surface area contributed by atoms with E-state index in [0.717, 1.165) is 36.2 Å². The van der Waals surface area contributed by atoms with Crippen molar-refractivity contribution in [3.8, 4) is 0 Å². The fourth-order valence-electron chi connectivity index (χ4n) is 4.99. The number of nitrogens with zero attached hydrogens (tertiary/aromatic N) is 1. The van der Waals surface area contributed by atoms with E-state index in [-0.39, 0.29) is 0 Å². The van der Waals surface area contributed by atoms with Crippen molar-refractivity contribution in [1.29, 1.82) is 0 Å². The van der Waals surface area contributed by atoms with Gasteiger partial charge in [-0.05, 0) is 55.8 Å². The maximum Gasteiger partial charge on any atom is 0.191 e. The monoisotopic (exact) mass is 377 g/mol. The lowest BCUT2D eigenvalue weighted by Gasteiger charge is -2.38. The maximum atomic E-state index is 4.93. The molecule has 0 amide bonds. The van der Waals surface area contributed by atoms with Gasteiger partial charge in [0.05, 0.1) is 0 Å². The highest BCUT2D eigenvalue weighted by Gasteiger charge is 2.30. The number of unbranched alkanes of at least 4 members (excludes halogenated alkanes) is 1. The third kappa shape index (κ3) is 7.66. The summed E-state index contributed by atoms with van der Waals surface area (Å²) in [6.45, 7) is 12.9. The minimum Gasteiger partial charge on any atom is -0.354 e. The summed E-state index contributed by atoms with van der Waals surface area (Å²) in [7, 11) is 0. The van der Waals surface area contributed by atoms with Crippen molar-refractivity contribution in [3.05, 3.63) is 0 Å². The highest BCUT2D eigenvalue weighted by atomic mass is 15.2. The second kappa shape index (κ2) is 12.0. The Labute approximate surface area is 169 Å². The normalized spacial score (nSPS) is 27.4. The molecular weight excluding hydrogens is 330 g/mol. The molecule has 0 bridgehead atoms. The van der Waals surface area contributed by atoms with Crippen LogP contribution >= 0.6 is 0 Å². The number of aliphatic imine (C=N–C) groups is 1. The van der Waals surface area contributed by atoms with E-state index in [2.05, 4.69) is 45.3 Å². The van der Waals surface area contributed by atoms with Crippen molar-refractivity contribution in [3.63, 3.8) is 0 Å². The van der Waals surface area contributed by atoms with Gasteiger partial charge in [-0.3, -0.25) is 4.99 Å². The summed E-state index contributed by atoms with van der Waals surface area (Å²) in [5, 5.41) is 7.64. The van der Waals surface area contributed by atoms with Crippen molar-refractivity contribution < 1.29 is 0 Å². The van der Waals surface area contributed by atoms with E-state index in [1.807, 2.05) is 0 Å². The molecular formula is C24H47N3. The van der Waals surface area contributed by atoms with E-state index < -0.39 is 0 Å². The van der Waals surface area contributed by atoms with E-state index in [0.29, 0.717) is 12.1 Å². The molecule has 4 unspecified atom stereocenters. The maximum absolute atomic E-state index is 4.93. The van der Waals surface area contributed by atoms with Crippen LogP contribution in [-0.4, -0.2) is 24.6 Å². The molecule has 2 saturated carbocycles. The van der Waals surface area contributed by atoms with Gasteiger partial charge in [0.1, 0.15) is 0 Å². The minimum absolute atomic E-state index is 0.599. The Morgan fingerprint density at radius 1 is 0.889 bits per heavy atom. The molecule has 158 valence electrons. The summed E-state index contributed by atoms with van der Waals surface area (Å²) in [6, 6.07) is 1.23. The molecule has 0 aromatic carbocycles. The van der Waals surface area contributed by atoms with Crippen LogP contribution in [0.25, 0.3) is 0 Å². The molecule has 0 spiro atoms. The number of hydrogen-bond donors (Lipinski definition) is 2. The SMILES string of the molecule is CCCCN=C(NC1CCCCC1)NC1CCCC(C(C)C(C)C(C)C)C1. The van der Waals surface area contributed by atoms with Gasteiger partial charge in [-0.2, -0.15) is 0 Å². The summed E-state index contributed by atoms with van der Waals surface area (Å²) < 4.78 is 0. The Morgan fingerprint density at radius 3 is 2.22 bits per heavy atom. The van der Waals surface area contributed by atoms with Gasteiger partial charge in [-0.1, -0.05) is 73.1 Å². The van der Waals surface area contributed by atoms with Crippen molar-refractivity contribution in [2.24, 2.45) is 28.7 Å². The first-order valence-electron chi connectivity index (χ1n) is 12.1. The molecule has 0 aromatic rings. The molecule has 2 aliphatic rings. The Hall–Kier alpha value is -0.730. The molecule has 2 fully saturated rings. The number of rotatable bonds is 8. The Morgan fingerprint density at radius 2 is 1.56 bits per heavy atom. The van der Waals surface area contributed by atoms with Crippen LogP contribution < -0.4 is 10.6 Å². The molecule has 27 heavy (non-hydrogen) atoms. The zero-order valence-corrected chi connectivity index (χ0v) is 18.9. The summed E-state index contributed by atoms with van der Waals surface area (Å²) in [5.41, 5.74) is 0. The summed E-state index contributed by atoms with van der Waals surface area (Å²) in [5.74, 6) is 4.38. The number of hydrogen-bond acceptors (Lipinski definition) is 1. The molecule has 0 aromatic heterocycles. The number of nitrogens with one attached hydrogen (secondary N) is 2. The Bertz CT molecular complexity index is 425. The number of guanidine groups is 1. The zero-order chi connectivity index (χ0) is 19.6. The lowest BCUT2D eigenvalue weighted by molar-refractivity contribution is 0.156. The van der Waals surface area contributed by atoms with Crippen LogP contribution in [0.15, 0.2) is 4.99 Å². The Kier molecular flexibility index (Phi) is 10.00. The van der Waals surface area contributed by atoms with Crippen molar-refractivity contribution in [1.82, 2.24) is 10.6 Å². The zero-order valence-electron chi connectivity index (χ0n) is 18.9. The topological polar surface area (TPSA) is 36.4 Å². The van der Waals surface area contributed by atoms with Crippen molar-refractivity contribution >= 4 is 5.96 Å². The predicted molar refractivity (Wildman–Crippen MR) is 119 cm³/mol. The van der Waals surface area contributed by atoms with E-state index in [1.165, 1.54) is 70.6 Å². The molecule has 2 N–H and O–H groups in total. The Balaban J connectivity index is 1.92. The van der Waals surface area contributed by atoms with E-state index in [9.17, 15) is 0 Å². The van der Waals surface area contributed by atoms with Gasteiger partial charge < -0.3 is 10.6 Å². The third-order valence-corrected chi connectivity index (χ3v) is 7.41. The van der Waals surface area contributed by atoms with E-state index >= 15 is 0 Å². The molecule has 0 saturated heterocycles. The van der Waals surface area contributed by atoms with Crippen molar-refractivity contribution in [2.45, 2.75) is 117 Å². The van der Waals surface area contributed by atoms with Crippen LogP contribution in [0.3, 0.4) is 0 Å². The van der Waals surface area contributed by atoms with E-state index in [1.54, 1.807) is 0 Å². The average Bonchev–Trinajstić information content (AvgIpc) is 2.68. The minimum atomic E-state index is 0.599. The average molecular weight is 378 g/mol. The largest absolute Gasteiger partial charge is 0.354 e. The van der Waals surface area contributed by atoms with Gasteiger partial charge in [0.2, 0.25) is 0 Å². The standard InChI is InChI=1S/C24H47N3/c1-6-7-16-25-24(26-22-13-9-8-10-14-22)27-23-15-11-12-21(17-23)20(5)19(4)18(2)3/h18-23H,6-17H2,1-5H3,(H2,25,26,27). The first-order chi connectivity index (χ1) is 13.0. The molecule has 4 atom stereocenters. The summed E-state index contributed by atoms with van der Waals surface area (Å²) in [4.78, 5) is 4.93. The quantitative estimate of drug-likeness (QED) is 0.303. The fraction of sp³-hybridized carbons (Fsp3) is 0.958. The third-order valence-electron chi connectivity index (χ3n) is 7.41. The molecule has 3 nitrogen and oxygen atoms in total. The van der Waals surface area contributed by atoms with Gasteiger partial charge in [-0.15, -0.1) is 0 Å². The van der Waals surface area contributed by atoms with Gasteiger partial charge in [0.25, 0.3) is 0 Å². The van der Waals surface area contributed by atoms with Crippen molar-refractivity contribution in [2.75, 3.05) is 6.54 Å². The summed E-state index contributed by atoms with van der Waals surface area (Å²) >= 11 is 0. The lowest BCUT2D eigenvalue weighted by Crippen LogP contribution is -2.49. The molecule has 2 rings (SSSR count). The first-order valence-corrected chi connectivity index (χ1v) is 12.1. The second-order valence-corrected chi connectivity index (χ2v) is 9.79. The molecule has 0 aliphatic heterocycles. The van der Waals surface area contributed by atoms with E-state index in [4.69, 9.17) is 4.99 Å². The smallest absolute Gasteiger partial charge is 0.191 e. The first kappa shape index (κ1) is 22.6. The summed E-state index contributed by atoms with van der Waals surface area (Å²) in [6.07, 6.45) is 14.6. The van der Waals surface area contributed by atoms with Gasteiger partial charge in [-0.25, -0.2) is 0 Å². The molecule has 2 aliphatic carbocycles. The highest BCUT2D eigenvalue weighted by molar-refractivity contribution is 5.80. The van der Waals surface area contributed by atoms with Crippen LogP contribution in [0.1, 0.15) is 105 Å². The molecule has 0 radical (unpaired) electrons. The van der Waals surface area contributed by atoms with Crippen LogP contribution in [-0.2, 0) is 0 Å². The van der Waals surface area contributed by atoms with Crippen LogP contribution in [0.5, 0.6) is 0 Å². The van der Waals surface area contributed by atoms with Crippen LogP contribution in [0.4, 0.5) is 0 Å². The predicted octanol–water partition coefficient (Wildman–Crippen LogP) is 6.14. The van der Waals surface area contributed by atoms with Gasteiger partial charge in [0.15, 0.2) is 5.96 Å². The van der Waals surface area contributed by atoms with Crippen LogP contribution in [0, 0.1) is 23.7 Å². The molecule has 3 heteroatoms. The van der Waals surface area contributed by atoms with Gasteiger partial charge >= 0.3 is 0 Å². The van der Waals surface area contributed by atoms with Gasteiger partial charge in [0, 0.05) is 18.6 Å². The fourth-order valence-corrected chi connectivity index (χ4v) is 4.99. The second-order valence-electron chi connectivity index (χ2n) is 9.79. The highest BCUT2D eigenvalue weighted by Crippen LogP contribution is 2.36. The molecule has 0 heterocycles.